The van der Waals surface area contributed by atoms with Crippen LogP contribution in [0.25, 0.3) is 34.4 Å². The fourth-order valence-corrected chi connectivity index (χ4v) is 13.9. The Kier molecular flexibility index (Phi) is 10.2. The van der Waals surface area contributed by atoms with Crippen LogP contribution in [0.5, 0.6) is 0 Å². The number of fused-ring (bicyclic) bond motifs is 22. The first-order valence-corrected chi connectivity index (χ1v) is 26.5. The largest absolute Gasteiger partial charge is 0.388 e. The third-order valence-corrected chi connectivity index (χ3v) is 18.0. The number of benzene rings is 8. The molecule has 77 heavy (non-hydrogen) atoms. The lowest BCUT2D eigenvalue weighted by Crippen LogP contribution is -2.46. The van der Waals surface area contributed by atoms with Crippen molar-refractivity contribution in [3.8, 4) is 22.3 Å². The van der Waals surface area contributed by atoms with Gasteiger partial charge in [0.1, 0.15) is 0 Å². The van der Waals surface area contributed by atoms with Crippen molar-refractivity contribution in [2.45, 2.75) is 59.3 Å². The van der Waals surface area contributed by atoms with Crippen molar-refractivity contribution in [1.29, 1.82) is 0 Å². The second-order valence-electron chi connectivity index (χ2n) is 21.6. The molecule has 0 saturated carbocycles. The van der Waals surface area contributed by atoms with Gasteiger partial charge in [0.05, 0.1) is 24.4 Å². The van der Waals surface area contributed by atoms with E-state index < -0.39 is 5.41 Å². The molecule has 4 heterocycles. The number of nitrogens with one attached hydrogen (secondary N) is 4. The van der Waals surface area contributed by atoms with E-state index >= 15 is 0 Å². The smallest absolute Gasteiger partial charge is 0.255 e. The van der Waals surface area contributed by atoms with Crippen LogP contribution in [-0.2, 0) is 31.6 Å². The first kappa shape index (κ1) is 46.5. The summed E-state index contributed by atoms with van der Waals surface area (Å²) in [7, 11) is 1.98. The molecule has 6 N–H and O–H groups in total. The van der Waals surface area contributed by atoms with Crippen molar-refractivity contribution in [2.24, 2.45) is 5.84 Å². The summed E-state index contributed by atoms with van der Waals surface area (Å²) in [6.07, 6.45) is 3.77. The maximum Gasteiger partial charge on any atom is 0.255 e. The molecule has 2 amide bonds. The van der Waals surface area contributed by atoms with E-state index in [9.17, 15) is 9.59 Å². The highest BCUT2D eigenvalue weighted by molar-refractivity contribution is 6.08. The molecule has 0 saturated heterocycles. The topological polar surface area (TPSA) is 121 Å². The SMILES string of the molecule is C=Cc1ccc2c(c1)C1(c3cc(C=C)ccc3-c3ccc(C(=O)Nc4ccc5c(c4C)CN4CN5Cc5c4ccc(NN)c5C)cc31)c1cc(C(=O)Nc3ccc4c(c3C)CN3CN4Cc4c3ccc(NC)c4C)ccc1-2. The van der Waals surface area contributed by atoms with Gasteiger partial charge in [0.2, 0.25) is 0 Å². The number of nitrogens with two attached hydrogens (primary N) is 1. The molecule has 4 bridgehead atoms. The summed E-state index contributed by atoms with van der Waals surface area (Å²) in [5.41, 5.74) is 31.4. The minimum Gasteiger partial charge on any atom is -0.388 e. The van der Waals surface area contributed by atoms with Crippen LogP contribution < -0.4 is 46.8 Å². The van der Waals surface area contributed by atoms with Crippen LogP contribution in [-0.4, -0.2) is 32.2 Å². The molecule has 11 heteroatoms. The fourth-order valence-electron chi connectivity index (χ4n) is 13.9. The zero-order valence-electron chi connectivity index (χ0n) is 44.0. The number of rotatable bonds is 8. The summed E-state index contributed by atoms with van der Waals surface area (Å²) in [5.74, 6) is 5.49. The number of nitrogens with zero attached hydrogens (tertiary/aromatic N) is 4. The van der Waals surface area contributed by atoms with Gasteiger partial charge in [-0.1, -0.05) is 61.7 Å². The molecule has 380 valence electrons. The molecule has 0 radical (unpaired) electrons. The molecule has 4 aliphatic heterocycles. The monoisotopic (exact) mass is 1010 g/mol. The van der Waals surface area contributed by atoms with Crippen molar-refractivity contribution in [2.75, 3.05) is 61.4 Å². The second-order valence-corrected chi connectivity index (χ2v) is 21.6. The third kappa shape index (κ3) is 6.59. The zero-order valence-corrected chi connectivity index (χ0v) is 44.0. The van der Waals surface area contributed by atoms with E-state index in [2.05, 4.69) is 185 Å². The molecule has 8 aromatic rings. The van der Waals surface area contributed by atoms with Gasteiger partial charge in [-0.15, -0.1) is 0 Å². The maximum absolute atomic E-state index is 14.9. The first-order chi connectivity index (χ1) is 37.4. The standard InChI is InChI=1S/C66H59N9O2/c1-8-40-10-14-44-46-16-12-42(64(76)69-57-19-23-61-49(37(57)4)31-73-34-72(61)30-48-36(3)56(68-7)18-22-60(48)73)28-54(46)66(52(44)26-40)53-27-41(9-2)11-15-45(53)47-17-13-43(29-55(47)66)65(77)70-58-20-24-62-50(38(58)5)32-74-35-75(62)33-51-39(6)59(71-67)21-25-63(51)74/h8-29,68,71H,1-2,30-35,67H2,3-7H3,(H,69,76)(H,70,77). The van der Waals surface area contributed by atoms with Crippen LogP contribution in [0.15, 0.2) is 134 Å². The zero-order chi connectivity index (χ0) is 52.8. The highest BCUT2D eigenvalue weighted by atomic mass is 16.2. The Bertz CT molecular complexity index is 3730. The van der Waals surface area contributed by atoms with Gasteiger partial charge in [0.15, 0.2) is 0 Å². The number of hydrazine groups is 1. The second kappa shape index (κ2) is 17.0. The minimum atomic E-state index is -0.886. The number of carbonyl (C=O) groups excluding carboxylic acids is 2. The lowest BCUT2D eigenvalue weighted by atomic mass is 9.69. The van der Waals surface area contributed by atoms with Crippen LogP contribution in [0, 0.1) is 27.7 Å². The van der Waals surface area contributed by atoms with E-state index in [1.54, 1.807) is 0 Å². The molecular formula is C66H59N9O2. The van der Waals surface area contributed by atoms with Crippen LogP contribution in [0.4, 0.5) is 45.5 Å². The minimum absolute atomic E-state index is 0.188. The maximum atomic E-state index is 14.9. The molecule has 1 atom stereocenters. The lowest BCUT2D eigenvalue weighted by Gasteiger charge is -2.46. The highest BCUT2D eigenvalue weighted by Crippen LogP contribution is 2.63. The van der Waals surface area contributed by atoms with Crippen molar-refractivity contribution < 1.29 is 9.59 Å². The summed E-state index contributed by atoms with van der Waals surface area (Å²) in [6, 6.07) is 42.3. The number of hydrogen-bond acceptors (Lipinski definition) is 9. The quantitative estimate of drug-likeness (QED) is 0.0748. The molecular weight excluding hydrogens is 951 g/mol. The van der Waals surface area contributed by atoms with E-state index in [1.165, 1.54) is 50.6 Å². The van der Waals surface area contributed by atoms with Crippen LogP contribution >= 0.6 is 0 Å². The molecule has 1 spiro atoms. The number of anilines is 8. The van der Waals surface area contributed by atoms with E-state index in [1.807, 2.05) is 37.4 Å². The average molecular weight is 1010 g/mol. The van der Waals surface area contributed by atoms with E-state index in [-0.39, 0.29) is 11.8 Å². The van der Waals surface area contributed by atoms with Gasteiger partial charge in [-0.25, -0.2) is 0 Å². The molecule has 14 rings (SSSR count). The third-order valence-electron chi connectivity index (χ3n) is 18.0. The lowest BCUT2D eigenvalue weighted by molar-refractivity contribution is 0.101. The van der Waals surface area contributed by atoms with Gasteiger partial charge in [0, 0.05) is 84.2 Å². The Hall–Kier alpha value is -9.06. The predicted molar refractivity (Wildman–Crippen MR) is 315 cm³/mol. The first-order valence-electron chi connectivity index (χ1n) is 26.5. The number of amides is 2. The summed E-state index contributed by atoms with van der Waals surface area (Å²) >= 11 is 0. The predicted octanol–water partition coefficient (Wildman–Crippen LogP) is 13.0. The van der Waals surface area contributed by atoms with Gasteiger partial charge >= 0.3 is 0 Å². The Morgan fingerprint density at radius 3 is 1.18 bits per heavy atom. The number of hydrogen-bond donors (Lipinski definition) is 5. The van der Waals surface area contributed by atoms with Gasteiger partial charge in [-0.3, -0.25) is 15.4 Å². The Morgan fingerprint density at radius 1 is 0.468 bits per heavy atom. The molecule has 1 unspecified atom stereocenters. The van der Waals surface area contributed by atoms with Crippen molar-refractivity contribution >= 4 is 69.5 Å². The molecule has 8 aromatic carbocycles. The summed E-state index contributed by atoms with van der Waals surface area (Å²) < 4.78 is 0. The molecule has 6 aliphatic rings. The van der Waals surface area contributed by atoms with Crippen LogP contribution in [0.1, 0.15) is 98.6 Å². The van der Waals surface area contributed by atoms with Gasteiger partial charge in [-0.05, 0) is 213 Å². The van der Waals surface area contributed by atoms with Crippen molar-refractivity contribution in [3.63, 3.8) is 0 Å². The Morgan fingerprint density at radius 2 is 0.805 bits per heavy atom. The normalized spacial score (nSPS) is 16.3. The molecule has 0 aromatic heterocycles. The van der Waals surface area contributed by atoms with Crippen LogP contribution in [0.3, 0.4) is 0 Å². The number of nitrogen functional groups attached to an aromatic ring is 1. The molecule has 11 nitrogen and oxygen atoms in total. The van der Waals surface area contributed by atoms with E-state index in [0.717, 1.165) is 135 Å². The van der Waals surface area contributed by atoms with E-state index in [0.29, 0.717) is 11.1 Å². The summed E-state index contributed by atoms with van der Waals surface area (Å²) in [4.78, 5) is 39.5. The van der Waals surface area contributed by atoms with E-state index in [4.69, 9.17) is 5.84 Å². The van der Waals surface area contributed by atoms with Crippen molar-refractivity contribution in [3.05, 3.63) is 224 Å². The Labute approximate surface area is 449 Å². The molecule has 2 aliphatic carbocycles. The summed E-state index contributed by atoms with van der Waals surface area (Å²) in [6.45, 7) is 21.6. The summed E-state index contributed by atoms with van der Waals surface area (Å²) in [5, 5.41) is 10.1. The van der Waals surface area contributed by atoms with Crippen LogP contribution in [0.2, 0.25) is 0 Å². The number of carbonyl (C=O) groups is 2. The average Bonchev–Trinajstić information content (AvgIpc) is 3.66. The fraction of sp³-hybridized carbons (Fsp3) is 0.182. The van der Waals surface area contributed by atoms with Gasteiger partial charge in [-0.2, -0.15) is 0 Å². The molecule has 0 fully saturated rings. The highest BCUT2D eigenvalue weighted by Gasteiger charge is 2.52. The van der Waals surface area contributed by atoms with Gasteiger partial charge in [0.25, 0.3) is 11.8 Å². The Balaban J connectivity index is 0.830. The van der Waals surface area contributed by atoms with Crippen molar-refractivity contribution in [1.82, 2.24) is 0 Å². The van der Waals surface area contributed by atoms with Gasteiger partial charge < -0.3 is 41.0 Å².